The van der Waals surface area contributed by atoms with Gasteiger partial charge in [-0.15, -0.1) is 0 Å². The Morgan fingerprint density at radius 1 is 1.50 bits per heavy atom. The molecule has 0 aromatic heterocycles. The first-order chi connectivity index (χ1) is 8.36. The molecule has 18 heavy (non-hydrogen) atoms. The first-order valence-corrected chi connectivity index (χ1v) is 5.93. The van der Waals surface area contributed by atoms with Crippen LogP contribution in [-0.2, 0) is 0 Å². The predicted octanol–water partition coefficient (Wildman–Crippen LogP) is 2.39. The average Bonchev–Trinajstić information content (AvgIpc) is 2.21. The van der Waals surface area contributed by atoms with Crippen molar-refractivity contribution in [1.82, 2.24) is 5.32 Å². The summed E-state index contributed by atoms with van der Waals surface area (Å²) in [6.45, 7) is 6.09. The summed E-state index contributed by atoms with van der Waals surface area (Å²) >= 11 is 6.18. The summed E-state index contributed by atoms with van der Waals surface area (Å²) in [5, 5.41) is 9.84. The molecule has 1 aromatic carbocycles. The summed E-state index contributed by atoms with van der Waals surface area (Å²) in [6, 6.07) is 3.29. The third-order valence-corrected chi connectivity index (χ3v) is 2.76. The van der Waals surface area contributed by atoms with E-state index >= 15 is 0 Å². The molecule has 0 bridgehead atoms. The van der Waals surface area contributed by atoms with E-state index in [0.717, 1.165) is 11.1 Å². The van der Waals surface area contributed by atoms with Crippen LogP contribution in [0.1, 0.15) is 18.1 Å². The summed E-state index contributed by atoms with van der Waals surface area (Å²) in [6.07, 6.45) is 0. The topological polar surface area (TPSA) is 82.2 Å². The summed E-state index contributed by atoms with van der Waals surface area (Å²) in [7, 11) is 0. The zero-order valence-electron chi connectivity index (χ0n) is 10.7. The number of hydrogen-bond acceptors (Lipinski definition) is 2. The second-order valence-electron chi connectivity index (χ2n) is 4.00. The number of anilines is 1. The third kappa shape index (κ3) is 3.13. The molecule has 0 aliphatic carbocycles. The number of nitrogens with two attached hydrogens (primary N) is 1. The van der Waals surface area contributed by atoms with Crippen LogP contribution in [0.5, 0.6) is 0 Å². The van der Waals surface area contributed by atoms with Gasteiger partial charge in [0.25, 0.3) is 0 Å². The van der Waals surface area contributed by atoms with Crippen LogP contribution in [0.15, 0.2) is 12.1 Å². The number of rotatable bonds is 2. The van der Waals surface area contributed by atoms with Crippen LogP contribution < -0.4 is 16.0 Å². The van der Waals surface area contributed by atoms with Gasteiger partial charge in [-0.1, -0.05) is 17.7 Å². The zero-order chi connectivity index (χ0) is 13.9. The Kier molecular flexibility index (Phi) is 4.55. The van der Waals surface area contributed by atoms with Gasteiger partial charge in [-0.05, 0) is 38.0 Å². The van der Waals surface area contributed by atoms with Crippen LogP contribution in [0.3, 0.4) is 0 Å². The molecule has 0 aliphatic rings. The van der Waals surface area contributed by atoms with Crippen LogP contribution in [0, 0.1) is 19.3 Å². The van der Waals surface area contributed by atoms with Crippen molar-refractivity contribution < 1.29 is 4.79 Å². The number of nitrogens with one attached hydrogen (secondary N) is 2. The SMILES string of the molecule is CCN(C(=O)NC(=N)N)c1c(C)cc(C)cc1Cl. The van der Waals surface area contributed by atoms with E-state index in [1.807, 2.05) is 26.8 Å². The molecule has 5 nitrogen and oxygen atoms in total. The predicted molar refractivity (Wildman–Crippen MR) is 74.4 cm³/mol. The highest BCUT2D eigenvalue weighted by molar-refractivity contribution is 6.34. The number of urea groups is 1. The van der Waals surface area contributed by atoms with Gasteiger partial charge in [-0.25, -0.2) is 4.79 Å². The van der Waals surface area contributed by atoms with Gasteiger partial charge in [0.15, 0.2) is 5.96 Å². The second-order valence-corrected chi connectivity index (χ2v) is 4.41. The van der Waals surface area contributed by atoms with Crippen LogP contribution >= 0.6 is 11.6 Å². The second kappa shape index (κ2) is 5.73. The highest BCUT2D eigenvalue weighted by atomic mass is 35.5. The molecule has 98 valence electrons. The Morgan fingerprint density at radius 3 is 2.56 bits per heavy atom. The largest absolute Gasteiger partial charge is 0.370 e. The van der Waals surface area contributed by atoms with Crippen molar-refractivity contribution in [3.8, 4) is 0 Å². The quantitative estimate of drug-likeness (QED) is 0.568. The van der Waals surface area contributed by atoms with E-state index in [1.165, 1.54) is 4.90 Å². The molecule has 1 rings (SSSR count). The standard InChI is InChI=1S/C12H17ClN4O/c1-4-17(12(18)16-11(14)15)10-8(3)5-7(2)6-9(10)13/h5-6H,4H2,1-3H3,(H4,14,15,16,18). The van der Waals surface area contributed by atoms with Crippen LogP contribution in [0.2, 0.25) is 5.02 Å². The lowest BCUT2D eigenvalue weighted by molar-refractivity contribution is 0.250. The highest BCUT2D eigenvalue weighted by Gasteiger charge is 2.19. The Balaban J connectivity index is 3.17. The summed E-state index contributed by atoms with van der Waals surface area (Å²) in [5.41, 5.74) is 7.73. The van der Waals surface area contributed by atoms with E-state index in [0.29, 0.717) is 17.3 Å². The van der Waals surface area contributed by atoms with Crippen LogP contribution in [0.25, 0.3) is 0 Å². The fourth-order valence-corrected chi connectivity index (χ4v) is 2.26. The highest BCUT2D eigenvalue weighted by Crippen LogP contribution is 2.30. The molecule has 4 N–H and O–H groups in total. The molecule has 0 spiro atoms. The number of hydrogen-bond donors (Lipinski definition) is 3. The maximum atomic E-state index is 11.9. The molecule has 2 amide bonds. The Bertz CT molecular complexity index is 464. The fourth-order valence-electron chi connectivity index (χ4n) is 1.84. The van der Waals surface area contributed by atoms with E-state index in [9.17, 15) is 4.79 Å². The summed E-state index contributed by atoms with van der Waals surface area (Å²) in [5.74, 6) is -0.390. The molecule has 0 atom stereocenters. The number of nitrogens with zero attached hydrogens (tertiary/aromatic N) is 1. The zero-order valence-corrected chi connectivity index (χ0v) is 11.4. The van der Waals surface area contributed by atoms with Crippen molar-refractivity contribution >= 4 is 29.3 Å². The minimum Gasteiger partial charge on any atom is -0.370 e. The van der Waals surface area contributed by atoms with Crippen LogP contribution in [-0.4, -0.2) is 18.5 Å². The molecular weight excluding hydrogens is 252 g/mol. The molecule has 0 fully saturated rings. The molecule has 0 unspecified atom stereocenters. The Morgan fingerprint density at radius 2 is 2.11 bits per heavy atom. The van der Waals surface area contributed by atoms with E-state index in [-0.39, 0.29) is 5.96 Å². The van der Waals surface area contributed by atoms with Crippen LogP contribution in [0.4, 0.5) is 10.5 Å². The number of benzene rings is 1. The number of halogens is 1. The molecule has 0 saturated carbocycles. The van der Waals surface area contributed by atoms with E-state index in [2.05, 4.69) is 5.32 Å². The normalized spacial score (nSPS) is 10.0. The third-order valence-electron chi connectivity index (χ3n) is 2.47. The molecule has 0 saturated heterocycles. The van der Waals surface area contributed by atoms with Crippen molar-refractivity contribution in [2.24, 2.45) is 5.73 Å². The van der Waals surface area contributed by atoms with Crippen molar-refractivity contribution in [2.45, 2.75) is 20.8 Å². The number of guanidine groups is 1. The number of carbonyl (C=O) groups excluding carboxylic acids is 1. The lowest BCUT2D eigenvalue weighted by Crippen LogP contribution is -2.45. The molecule has 0 radical (unpaired) electrons. The van der Waals surface area contributed by atoms with Gasteiger partial charge in [-0.3, -0.25) is 15.6 Å². The monoisotopic (exact) mass is 268 g/mol. The molecular formula is C12H17ClN4O. The van der Waals surface area contributed by atoms with Gasteiger partial charge in [0.05, 0.1) is 10.7 Å². The van der Waals surface area contributed by atoms with Crippen molar-refractivity contribution in [3.05, 3.63) is 28.3 Å². The first-order valence-electron chi connectivity index (χ1n) is 5.56. The van der Waals surface area contributed by atoms with Gasteiger partial charge in [-0.2, -0.15) is 0 Å². The molecule has 0 heterocycles. The van der Waals surface area contributed by atoms with Gasteiger partial charge in [0.1, 0.15) is 0 Å². The lowest BCUT2D eigenvalue weighted by Gasteiger charge is -2.24. The minimum atomic E-state index is -0.459. The summed E-state index contributed by atoms with van der Waals surface area (Å²) < 4.78 is 0. The smallest absolute Gasteiger partial charge is 0.328 e. The number of carbonyl (C=O) groups is 1. The first kappa shape index (κ1) is 14.3. The van der Waals surface area contributed by atoms with E-state index in [1.54, 1.807) is 6.07 Å². The number of amides is 2. The van der Waals surface area contributed by atoms with Crippen molar-refractivity contribution in [1.29, 1.82) is 5.41 Å². The maximum absolute atomic E-state index is 11.9. The van der Waals surface area contributed by atoms with E-state index in [4.69, 9.17) is 22.7 Å². The summed E-state index contributed by atoms with van der Waals surface area (Å²) in [4.78, 5) is 13.4. The fraction of sp³-hybridized carbons (Fsp3) is 0.333. The van der Waals surface area contributed by atoms with Gasteiger partial charge in [0, 0.05) is 6.54 Å². The Hall–Kier alpha value is -1.75. The van der Waals surface area contributed by atoms with E-state index < -0.39 is 6.03 Å². The molecule has 1 aromatic rings. The maximum Gasteiger partial charge on any atom is 0.328 e. The molecule has 0 aliphatic heterocycles. The molecule has 6 heteroatoms. The van der Waals surface area contributed by atoms with Gasteiger partial charge < -0.3 is 5.73 Å². The number of aryl methyl sites for hydroxylation is 2. The average molecular weight is 269 g/mol. The van der Waals surface area contributed by atoms with Crippen molar-refractivity contribution in [3.63, 3.8) is 0 Å². The Labute approximate surface area is 111 Å². The van der Waals surface area contributed by atoms with Crippen molar-refractivity contribution in [2.75, 3.05) is 11.4 Å². The lowest BCUT2D eigenvalue weighted by atomic mass is 10.1. The van der Waals surface area contributed by atoms with Gasteiger partial charge >= 0.3 is 6.03 Å². The minimum absolute atomic E-state index is 0.390. The van der Waals surface area contributed by atoms with Gasteiger partial charge in [0.2, 0.25) is 0 Å².